The first-order chi connectivity index (χ1) is 13.3. The lowest BCUT2D eigenvalue weighted by Gasteiger charge is -2.13. The highest BCUT2D eigenvalue weighted by Gasteiger charge is 2.09. The minimum Gasteiger partial charge on any atom is -0.508 e. The molecule has 8 nitrogen and oxygen atoms in total. The Morgan fingerprint density at radius 2 is 1.46 bits per heavy atom. The average Bonchev–Trinajstić information content (AvgIpc) is 2.64. The summed E-state index contributed by atoms with van der Waals surface area (Å²) < 4.78 is 0. The van der Waals surface area contributed by atoms with Crippen molar-refractivity contribution in [3.8, 4) is 11.5 Å². The molecule has 0 aliphatic carbocycles. The Morgan fingerprint density at radius 3 is 1.96 bits per heavy atom. The van der Waals surface area contributed by atoms with Crippen molar-refractivity contribution in [2.24, 2.45) is 0 Å². The monoisotopic (exact) mass is 389 g/mol. The van der Waals surface area contributed by atoms with Crippen molar-refractivity contribution in [3.63, 3.8) is 0 Å². The maximum Gasteiger partial charge on any atom is 0.328 e. The molecule has 0 bridgehead atoms. The Morgan fingerprint density at radius 1 is 0.929 bits per heavy atom. The molecule has 150 valence electrons. The number of phenols is 2. The summed E-state index contributed by atoms with van der Waals surface area (Å²) in [5, 5.41) is 47.5. The van der Waals surface area contributed by atoms with E-state index in [-0.39, 0.29) is 11.5 Å². The van der Waals surface area contributed by atoms with Gasteiger partial charge in [0.05, 0.1) is 6.10 Å². The van der Waals surface area contributed by atoms with Crippen LogP contribution in [0.3, 0.4) is 0 Å². The zero-order valence-corrected chi connectivity index (χ0v) is 15.0. The van der Waals surface area contributed by atoms with Crippen LogP contribution in [0, 0.1) is 0 Å². The Kier molecular flexibility index (Phi) is 9.80. The lowest BCUT2D eigenvalue weighted by atomic mass is 10.1. The number of benzene rings is 2. The number of phenolic OH excluding ortho intramolecular Hbond substituents is 2. The minimum absolute atomic E-state index is 0.0525. The van der Waals surface area contributed by atoms with Crippen LogP contribution in [-0.2, 0) is 16.0 Å². The number of nitrogens with one attached hydrogen (secondary N) is 1. The van der Waals surface area contributed by atoms with Crippen molar-refractivity contribution in [2.45, 2.75) is 12.5 Å². The molecule has 0 radical (unpaired) electrons. The highest BCUT2D eigenvalue weighted by molar-refractivity contribution is 5.89. The molecule has 8 heteroatoms. The van der Waals surface area contributed by atoms with Gasteiger partial charge in [0, 0.05) is 24.8 Å². The number of aliphatic carboxylic acids is 2. The van der Waals surface area contributed by atoms with E-state index in [0.29, 0.717) is 24.3 Å². The Balaban J connectivity index is 0.000000416. The van der Waals surface area contributed by atoms with Gasteiger partial charge >= 0.3 is 11.9 Å². The highest BCUT2D eigenvalue weighted by atomic mass is 16.4. The van der Waals surface area contributed by atoms with E-state index in [0.717, 1.165) is 13.0 Å². The van der Waals surface area contributed by atoms with Crippen molar-refractivity contribution in [1.29, 1.82) is 0 Å². The van der Waals surface area contributed by atoms with Crippen LogP contribution in [0.15, 0.2) is 60.7 Å². The van der Waals surface area contributed by atoms with Crippen molar-refractivity contribution >= 4 is 11.9 Å². The Hall–Kier alpha value is -3.36. The fourth-order valence-corrected chi connectivity index (χ4v) is 2.19. The minimum atomic E-state index is -1.26. The second kappa shape index (κ2) is 12.1. The summed E-state index contributed by atoms with van der Waals surface area (Å²) in [6.45, 7) is 1.13. The summed E-state index contributed by atoms with van der Waals surface area (Å²) in [6, 6.07) is 14.2. The summed E-state index contributed by atoms with van der Waals surface area (Å²) in [4.78, 5) is 19.1. The summed E-state index contributed by atoms with van der Waals surface area (Å²) >= 11 is 0. The molecular weight excluding hydrogens is 366 g/mol. The molecule has 2 aromatic carbocycles. The zero-order chi connectivity index (χ0) is 20.9. The van der Waals surface area contributed by atoms with E-state index in [1.165, 1.54) is 23.8 Å². The summed E-state index contributed by atoms with van der Waals surface area (Å²) in [6.07, 6.45) is 1.24. The van der Waals surface area contributed by atoms with Gasteiger partial charge in [0.2, 0.25) is 0 Å². The van der Waals surface area contributed by atoms with E-state index < -0.39 is 18.0 Å². The fourth-order valence-electron chi connectivity index (χ4n) is 2.19. The van der Waals surface area contributed by atoms with Gasteiger partial charge in [-0.25, -0.2) is 9.59 Å². The van der Waals surface area contributed by atoms with Crippen molar-refractivity contribution < 1.29 is 35.1 Å². The van der Waals surface area contributed by atoms with E-state index in [9.17, 15) is 24.9 Å². The predicted molar refractivity (Wildman–Crippen MR) is 102 cm³/mol. The van der Waals surface area contributed by atoms with Gasteiger partial charge < -0.3 is 30.8 Å². The Labute approximate surface area is 162 Å². The number of rotatable bonds is 8. The average molecular weight is 389 g/mol. The van der Waals surface area contributed by atoms with E-state index in [2.05, 4.69) is 17.4 Å². The molecule has 0 amide bonds. The van der Waals surface area contributed by atoms with Gasteiger partial charge in [-0.3, -0.25) is 0 Å². The molecule has 1 unspecified atom stereocenters. The lowest BCUT2D eigenvalue weighted by molar-refractivity contribution is -0.134. The normalized spacial score (nSPS) is 11.5. The molecule has 0 fully saturated rings. The van der Waals surface area contributed by atoms with Crippen LogP contribution in [0.4, 0.5) is 0 Å². The van der Waals surface area contributed by atoms with Crippen LogP contribution in [0.1, 0.15) is 17.2 Å². The number of carboxylic acid groups (broad SMARTS) is 2. The second-order valence-electron chi connectivity index (χ2n) is 5.75. The molecule has 0 spiro atoms. The first kappa shape index (κ1) is 22.7. The number of carboxylic acids is 2. The number of hydrogen-bond donors (Lipinski definition) is 6. The number of hydrogen-bond acceptors (Lipinski definition) is 6. The third-order valence-electron chi connectivity index (χ3n) is 3.45. The molecule has 0 aliphatic rings. The number of aromatic hydroxyl groups is 2. The molecule has 0 saturated heterocycles. The quantitative estimate of drug-likeness (QED) is 0.295. The Bertz CT molecular complexity index is 754. The SMILES string of the molecule is O=C(O)/C=C/C(=O)O.Oc1cc(O)cc(C(O)CNCCc2ccccc2)c1. The number of carbonyl (C=O) groups is 2. The van der Waals surface area contributed by atoms with Crippen LogP contribution in [0.5, 0.6) is 11.5 Å². The van der Waals surface area contributed by atoms with Gasteiger partial charge in [-0.1, -0.05) is 30.3 Å². The molecule has 0 aromatic heterocycles. The lowest BCUT2D eigenvalue weighted by Crippen LogP contribution is -2.23. The van der Waals surface area contributed by atoms with Crippen molar-refractivity contribution in [1.82, 2.24) is 5.32 Å². The molecule has 2 rings (SSSR count). The smallest absolute Gasteiger partial charge is 0.328 e. The summed E-state index contributed by atoms with van der Waals surface area (Å²) in [5.41, 5.74) is 1.74. The van der Waals surface area contributed by atoms with Crippen LogP contribution in [0.2, 0.25) is 0 Å². The van der Waals surface area contributed by atoms with E-state index >= 15 is 0 Å². The van der Waals surface area contributed by atoms with Gasteiger partial charge in [0.15, 0.2) is 0 Å². The van der Waals surface area contributed by atoms with Crippen LogP contribution >= 0.6 is 0 Å². The van der Waals surface area contributed by atoms with E-state index in [1.54, 1.807) is 0 Å². The van der Waals surface area contributed by atoms with E-state index in [4.69, 9.17) is 10.2 Å². The molecular formula is C20H23NO7. The first-order valence-electron chi connectivity index (χ1n) is 8.37. The molecule has 2 aromatic rings. The maximum atomic E-state index is 9.98. The summed E-state index contributed by atoms with van der Waals surface area (Å²) in [7, 11) is 0. The molecule has 0 heterocycles. The molecule has 6 N–H and O–H groups in total. The van der Waals surface area contributed by atoms with Crippen LogP contribution in [-0.4, -0.2) is 50.6 Å². The third-order valence-corrected chi connectivity index (χ3v) is 3.45. The standard InChI is InChI=1S/C16H19NO3.C4H4O4/c18-14-8-13(9-15(19)10-14)16(20)11-17-7-6-12-4-2-1-3-5-12;5-3(6)1-2-4(7)8/h1-5,8-10,16-20H,6-7,11H2;1-2H,(H,5,6)(H,7,8)/b;2-1+. The van der Waals surface area contributed by atoms with Crippen LogP contribution < -0.4 is 5.32 Å². The first-order valence-corrected chi connectivity index (χ1v) is 8.37. The van der Waals surface area contributed by atoms with Gasteiger partial charge in [-0.05, 0) is 36.2 Å². The van der Waals surface area contributed by atoms with Gasteiger partial charge in [0.25, 0.3) is 0 Å². The van der Waals surface area contributed by atoms with Crippen molar-refractivity contribution in [3.05, 3.63) is 71.8 Å². The largest absolute Gasteiger partial charge is 0.508 e. The van der Waals surface area contributed by atoms with Crippen LogP contribution in [0.25, 0.3) is 0 Å². The molecule has 0 saturated carbocycles. The highest BCUT2D eigenvalue weighted by Crippen LogP contribution is 2.24. The second-order valence-corrected chi connectivity index (χ2v) is 5.75. The fraction of sp³-hybridized carbons (Fsp3) is 0.200. The van der Waals surface area contributed by atoms with Gasteiger partial charge in [-0.2, -0.15) is 0 Å². The zero-order valence-electron chi connectivity index (χ0n) is 15.0. The number of aliphatic hydroxyl groups excluding tert-OH is 1. The molecule has 0 aliphatic heterocycles. The maximum absolute atomic E-state index is 9.98. The predicted octanol–water partition coefficient (Wildman–Crippen LogP) is 1.68. The van der Waals surface area contributed by atoms with Crippen molar-refractivity contribution in [2.75, 3.05) is 13.1 Å². The summed E-state index contributed by atoms with van der Waals surface area (Å²) in [5.74, 6) is -2.62. The van der Waals surface area contributed by atoms with Gasteiger partial charge in [0.1, 0.15) is 11.5 Å². The molecule has 28 heavy (non-hydrogen) atoms. The topological polar surface area (TPSA) is 147 Å². The van der Waals surface area contributed by atoms with Gasteiger partial charge in [-0.15, -0.1) is 0 Å². The molecule has 1 atom stereocenters. The number of aliphatic hydroxyl groups is 1. The van der Waals surface area contributed by atoms with E-state index in [1.807, 2.05) is 18.2 Å². The third kappa shape index (κ3) is 9.95.